The zero-order valence-electron chi connectivity index (χ0n) is 13.3. The van der Waals surface area contributed by atoms with Gasteiger partial charge in [0.2, 0.25) is 5.91 Å². The lowest BCUT2D eigenvalue weighted by Gasteiger charge is -2.22. The molecule has 3 heteroatoms. The third-order valence-electron chi connectivity index (χ3n) is 4.44. The second-order valence-corrected chi connectivity index (χ2v) is 6.14. The van der Waals surface area contributed by atoms with Crippen molar-refractivity contribution in [3.8, 4) is 0 Å². The highest BCUT2D eigenvalue weighted by atomic mass is 16.1. The summed E-state index contributed by atoms with van der Waals surface area (Å²) in [6.07, 6.45) is 5.20. The Kier molecular flexibility index (Phi) is 6.24. The average molecular weight is 288 g/mol. The largest absolute Gasteiger partial charge is 0.350 e. The van der Waals surface area contributed by atoms with Crippen molar-refractivity contribution in [3.05, 3.63) is 35.4 Å². The molecule has 0 radical (unpaired) electrons. The van der Waals surface area contributed by atoms with Gasteiger partial charge in [-0.1, -0.05) is 31.2 Å². The van der Waals surface area contributed by atoms with E-state index in [0.717, 1.165) is 25.9 Å². The molecular weight excluding hydrogens is 260 g/mol. The quantitative estimate of drug-likeness (QED) is 0.844. The summed E-state index contributed by atoms with van der Waals surface area (Å²) in [5.74, 6) is 0.844. The van der Waals surface area contributed by atoms with Crippen molar-refractivity contribution in [2.45, 2.75) is 52.0 Å². The van der Waals surface area contributed by atoms with Crippen molar-refractivity contribution < 1.29 is 4.79 Å². The highest BCUT2D eigenvalue weighted by molar-refractivity contribution is 5.76. The Morgan fingerprint density at radius 2 is 2.14 bits per heavy atom. The fourth-order valence-electron chi connectivity index (χ4n) is 2.94. The monoisotopic (exact) mass is 288 g/mol. The van der Waals surface area contributed by atoms with E-state index >= 15 is 0 Å². The van der Waals surface area contributed by atoms with Crippen LogP contribution < -0.4 is 10.6 Å². The number of amides is 1. The highest BCUT2D eigenvalue weighted by Crippen LogP contribution is 2.17. The molecule has 1 fully saturated rings. The third-order valence-corrected chi connectivity index (χ3v) is 4.44. The average Bonchev–Trinajstić information content (AvgIpc) is 2.54. The number of rotatable bonds is 6. The Morgan fingerprint density at radius 1 is 1.38 bits per heavy atom. The van der Waals surface area contributed by atoms with E-state index in [0.29, 0.717) is 12.3 Å². The highest BCUT2D eigenvalue weighted by Gasteiger charge is 2.15. The Morgan fingerprint density at radius 3 is 2.76 bits per heavy atom. The summed E-state index contributed by atoms with van der Waals surface area (Å²) in [5.41, 5.74) is 2.52. The van der Waals surface area contributed by atoms with Crippen LogP contribution in [0.1, 0.15) is 56.7 Å². The molecule has 0 spiro atoms. The smallest absolute Gasteiger partial charge is 0.220 e. The van der Waals surface area contributed by atoms with E-state index in [4.69, 9.17) is 0 Å². The molecule has 1 saturated heterocycles. The second kappa shape index (κ2) is 8.18. The van der Waals surface area contributed by atoms with Gasteiger partial charge in [0.25, 0.3) is 0 Å². The minimum atomic E-state index is 0.0906. The molecule has 1 heterocycles. The Balaban J connectivity index is 1.75. The molecule has 2 atom stereocenters. The van der Waals surface area contributed by atoms with Crippen molar-refractivity contribution >= 4 is 5.91 Å². The molecule has 2 N–H and O–H groups in total. The fourth-order valence-corrected chi connectivity index (χ4v) is 2.94. The maximum absolute atomic E-state index is 12.1. The molecule has 2 rings (SSSR count). The van der Waals surface area contributed by atoms with E-state index in [1.807, 2.05) is 0 Å². The molecule has 1 aliphatic heterocycles. The van der Waals surface area contributed by atoms with E-state index in [2.05, 4.69) is 48.7 Å². The van der Waals surface area contributed by atoms with Crippen LogP contribution in [-0.2, 0) is 11.2 Å². The normalized spacial score (nSPS) is 20.0. The van der Waals surface area contributed by atoms with Crippen molar-refractivity contribution in [2.24, 2.45) is 5.92 Å². The lowest BCUT2D eigenvalue weighted by Crippen LogP contribution is -2.31. The zero-order chi connectivity index (χ0) is 15.1. The molecule has 0 aromatic heterocycles. The fraction of sp³-hybridized carbons (Fsp3) is 0.611. The van der Waals surface area contributed by atoms with Crippen LogP contribution >= 0.6 is 0 Å². The summed E-state index contributed by atoms with van der Waals surface area (Å²) in [6.45, 7) is 6.41. The van der Waals surface area contributed by atoms with Gasteiger partial charge >= 0.3 is 0 Å². The first-order valence-electron chi connectivity index (χ1n) is 8.28. The molecule has 1 aliphatic rings. The minimum absolute atomic E-state index is 0.0906. The summed E-state index contributed by atoms with van der Waals surface area (Å²) in [4.78, 5) is 12.1. The topological polar surface area (TPSA) is 41.1 Å². The van der Waals surface area contributed by atoms with Crippen molar-refractivity contribution in [2.75, 3.05) is 13.1 Å². The van der Waals surface area contributed by atoms with Gasteiger partial charge in [-0.2, -0.15) is 0 Å². The number of nitrogens with one attached hydrogen (secondary N) is 2. The van der Waals surface area contributed by atoms with Crippen LogP contribution in [0.2, 0.25) is 0 Å². The lowest BCUT2D eigenvalue weighted by atomic mass is 9.94. The first-order valence-corrected chi connectivity index (χ1v) is 8.28. The maximum Gasteiger partial charge on any atom is 0.220 e. The van der Waals surface area contributed by atoms with Crippen molar-refractivity contribution in [1.29, 1.82) is 0 Å². The first-order chi connectivity index (χ1) is 10.2. The van der Waals surface area contributed by atoms with Gasteiger partial charge in [-0.3, -0.25) is 4.79 Å². The van der Waals surface area contributed by atoms with Crippen LogP contribution in [0.15, 0.2) is 24.3 Å². The van der Waals surface area contributed by atoms with Crippen molar-refractivity contribution in [1.82, 2.24) is 10.6 Å². The van der Waals surface area contributed by atoms with E-state index in [9.17, 15) is 4.79 Å². The van der Waals surface area contributed by atoms with E-state index in [1.165, 1.54) is 24.0 Å². The Bertz CT molecular complexity index is 435. The van der Waals surface area contributed by atoms with Gasteiger partial charge in [0.15, 0.2) is 0 Å². The number of carbonyl (C=O) groups excluding carboxylic acids is 1. The molecule has 116 valence electrons. The number of piperidine rings is 1. The van der Waals surface area contributed by atoms with Gasteiger partial charge in [0.1, 0.15) is 0 Å². The molecule has 3 nitrogen and oxygen atoms in total. The molecule has 0 saturated carbocycles. The van der Waals surface area contributed by atoms with Gasteiger partial charge in [-0.25, -0.2) is 0 Å². The standard InChI is InChI=1S/C18H28N2O/c1-3-15-6-9-17(10-7-15)14(2)20-18(21)11-8-16-5-4-12-19-13-16/h6-7,9-10,14,16,19H,3-5,8,11-13H2,1-2H3,(H,20,21). The lowest BCUT2D eigenvalue weighted by molar-refractivity contribution is -0.122. The van der Waals surface area contributed by atoms with Crippen LogP contribution in [-0.4, -0.2) is 19.0 Å². The van der Waals surface area contributed by atoms with E-state index < -0.39 is 0 Å². The number of benzene rings is 1. The SMILES string of the molecule is CCc1ccc(C(C)NC(=O)CCC2CCCNC2)cc1. The van der Waals surface area contributed by atoms with Crippen LogP contribution in [0.4, 0.5) is 0 Å². The van der Waals surface area contributed by atoms with Gasteiger partial charge in [-0.15, -0.1) is 0 Å². The van der Waals surface area contributed by atoms with Crippen LogP contribution in [0.5, 0.6) is 0 Å². The van der Waals surface area contributed by atoms with Crippen LogP contribution in [0, 0.1) is 5.92 Å². The van der Waals surface area contributed by atoms with Gasteiger partial charge < -0.3 is 10.6 Å². The third kappa shape index (κ3) is 5.16. The molecule has 0 aliphatic carbocycles. The number of carbonyl (C=O) groups is 1. The Hall–Kier alpha value is -1.35. The van der Waals surface area contributed by atoms with Crippen molar-refractivity contribution in [3.63, 3.8) is 0 Å². The molecular formula is C18H28N2O. The number of hydrogen-bond acceptors (Lipinski definition) is 2. The van der Waals surface area contributed by atoms with E-state index in [-0.39, 0.29) is 11.9 Å². The summed E-state index contributed by atoms with van der Waals surface area (Å²) < 4.78 is 0. The zero-order valence-corrected chi connectivity index (χ0v) is 13.3. The minimum Gasteiger partial charge on any atom is -0.350 e. The predicted molar refractivity (Wildman–Crippen MR) is 87.2 cm³/mol. The van der Waals surface area contributed by atoms with Crippen LogP contribution in [0.25, 0.3) is 0 Å². The van der Waals surface area contributed by atoms with E-state index in [1.54, 1.807) is 0 Å². The Labute approximate surface area is 128 Å². The summed E-state index contributed by atoms with van der Waals surface area (Å²) >= 11 is 0. The molecule has 2 unspecified atom stereocenters. The van der Waals surface area contributed by atoms with Gasteiger partial charge in [-0.05, 0) is 62.7 Å². The number of aryl methyl sites for hydroxylation is 1. The van der Waals surface area contributed by atoms with Gasteiger partial charge in [0.05, 0.1) is 6.04 Å². The molecule has 0 bridgehead atoms. The van der Waals surface area contributed by atoms with Crippen LogP contribution in [0.3, 0.4) is 0 Å². The van der Waals surface area contributed by atoms with Gasteiger partial charge in [0, 0.05) is 6.42 Å². The molecule has 1 aromatic carbocycles. The maximum atomic E-state index is 12.1. The summed E-state index contributed by atoms with van der Waals surface area (Å²) in [7, 11) is 0. The first kappa shape index (κ1) is 16.0. The number of hydrogen-bond donors (Lipinski definition) is 2. The second-order valence-electron chi connectivity index (χ2n) is 6.14. The molecule has 1 amide bonds. The molecule has 1 aromatic rings. The molecule has 21 heavy (non-hydrogen) atoms. The summed E-state index contributed by atoms with van der Waals surface area (Å²) in [6, 6.07) is 8.62. The summed E-state index contributed by atoms with van der Waals surface area (Å²) in [5, 5.41) is 6.52. The predicted octanol–water partition coefficient (Wildman–Crippen LogP) is 3.21.